The van der Waals surface area contributed by atoms with E-state index >= 15 is 0 Å². The van der Waals surface area contributed by atoms with E-state index in [4.69, 9.17) is 43.6 Å². The van der Waals surface area contributed by atoms with Crippen LogP contribution < -0.4 is 27.3 Å². The number of rotatable bonds is 2. The third-order valence-corrected chi connectivity index (χ3v) is 7.55. The molecule has 0 saturated carbocycles. The molecule has 0 N–H and O–H groups in total. The fourth-order valence-electron chi connectivity index (χ4n) is 5.75. The second kappa shape index (κ2) is 8.50. The minimum absolute atomic E-state index is 0.200. The lowest BCUT2D eigenvalue weighted by molar-refractivity contribution is 0.670. The van der Waals surface area contributed by atoms with Crippen molar-refractivity contribution in [2.24, 2.45) is 0 Å². The first-order valence-electron chi connectivity index (χ1n) is 12.3. The van der Waals surface area contributed by atoms with Crippen LogP contribution in [0.25, 0.3) is 65.7 Å². The summed E-state index contributed by atoms with van der Waals surface area (Å²) in [5.74, 6) is 0. The van der Waals surface area contributed by atoms with Gasteiger partial charge in [-0.2, -0.15) is 0 Å². The molecule has 1 aromatic heterocycles. The monoisotopic (exact) mass is 470 g/mol. The predicted octanol–water partition coefficient (Wildman–Crippen LogP) is 3.20. The van der Waals surface area contributed by atoms with Crippen molar-refractivity contribution < 1.29 is 4.42 Å². The summed E-state index contributed by atoms with van der Waals surface area (Å²) in [6.45, 7) is 0. The van der Waals surface area contributed by atoms with E-state index in [1.807, 2.05) is 42.5 Å². The van der Waals surface area contributed by atoms with Crippen LogP contribution in [0.4, 0.5) is 0 Å². The predicted molar refractivity (Wildman–Crippen MR) is 167 cm³/mol. The molecular formula is C32H15B5O. The van der Waals surface area contributed by atoms with Crippen LogP contribution in [0.3, 0.4) is 0 Å². The smallest absolute Gasteiger partial charge is 0.143 e. The molecule has 0 fully saturated rings. The fraction of sp³-hybridized carbons (Fsp3) is 0. The Balaban J connectivity index is 1.69. The van der Waals surface area contributed by atoms with E-state index in [1.165, 1.54) is 0 Å². The van der Waals surface area contributed by atoms with E-state index in [2.05, 4.69) is 48.5 Å². The van der Waals surface area contributed by atoms with Gasteiger partial charge in [0.1, 0.15) is 50.4 Å². The van der Waals surface area contributed by atoms with Crippen molar-refractivity contribution in [3.05, 3.63) is 91.0 Å². The molecular weight excluding hydrogens is 454 g/mol. The molecule has 6 heteroatoms. The van der Waals surface area contributed by atoms with Crippen molar-refractivity contribution >= 4 is 110 Å². The quantitative estimate of drug-likeness (QED) is 0.280. The van der Waals surface area contributed by atoms with Crippen LogP contribution >= 0.6 is 0 Å². The van der Waals surface area contributed by atoms with Gasteiger partial charge in [-0.1, -0.05) is 95.9 Å². The summed E-state index contributed by atoms with van der Waals surface area (Å²) in [6.07, 6.45) is 0. The normalized spacial score (nSPS) is 11.7. The molecule has 6 aromatic carbocycles. The summed E-state index contributed by atoms with van der Waals surface area (Å²) in [6, 6.07) is 30.8. The van der Waals surface area contributed by atoms with Crippen molar-refractivity contribution in [3.63, 3.8) is 0 Å². The molecule has 0 saturated heterocycles. The van der Waals surface area contributed by atoms with Crippen molar-refractivity contribution in [2.75, 3.05) is 0 Å². The summed E-state index contributed by atoms with van der Waals surface area (Å²) >= 11 is 0. The van der Waals surface area contributed by atoms with Crippen molar-refractivity contribution in [1.82, 2.24) is 0 Å². The Bertz CT molecular complexity index is 2000. The molecule has 0 bridgehead atoms. The molecule has 0 atom stereocenters. The summed E-state index contributed by atoms with van der Waals surface area (Å²) in [5.41, 5.74) is 6.53. The third kappa shape index (κ3) is 3.13. The first kappa shape index (κ1) is 23.1. The highest BCUT2D eigenvalue weighted by Crippen LogP contribution is 2.45. The van der Waals surface area contributed by atoms with Crippen molar-refractivity contribution in [1.29, 1.82) is 0 Å². The zero-order valence-corrected chi connectivity index (χ0v) is 20.5. The minimum Gasteiger partial charge on any atom is -0.455 e. The SMILES string of the molecule is [B]c1c([B])c([B])c(-c2c3ccccc3c(-c3cccc4c3oc3ccccc34)c3ccccc23)c([B])c1[B]. The lowest BCUT2D eigenvalue weighted by Crippen LogP contribution is -2.55. The van der Waals surface area contributed by atoms with Crippen LogP contribution in [0.2, 0.25) is 0 Å². The van der Waals surface area contributed by atoms with Crippen LogP contribution in [0.15, 0.2) is 95.4 Å². The second-order valence-corrected chi connectivity index (χ2v) is 9.57. The van der Waals surface area contributed by atoms with E-state index < -0.39 is 0 Å². The molecule has 7 aromatic rings. The third-order valence-electron chi connectivity index (χ3n) is 7.55. The first-order valence-corrected chi connectivity index (χ1v) is 12.3. The zero-order valence-electron chi connectivity index (χ0n) is 20.5. The number of para-hydroxylation sites is 2. The summed E-state index contributed by atoms with van der Waals surface area (Å²) < 4.78 is 6.45. The van der Waals surface area contributed by atoms with E-state index in [9.17, 15) is 0 Å². The standard InChI is InChI=1S/C32H15B5O/c33-27-26(28(34)30(36)31(37)29(27)35)25-19-11-3-1-9-17(19)24(18-10-2-4-12-20(18)25)22-14-7-13-21-16-8-5-6-15-23(16)38-32(21)22/h1-15H. The maximum absolute atomic E-state index is 6.58. The van der Waals surface area contributed by atoms with E-state index in [0.29, 0.717) is 16.5 Å². The molecule has 7 rings (SSSR count). The molecule has 0 aliphatic carbocycles. The number of hydrogen-bond donors (Lipinski definition) is 0. The van der Waals surface area contributed by atoms with Crippen molar-refractivity contribution in [2.45, 2.75) is 0 Å². The van der Waals surface area contributed by atoms with Crippen LogP contribution in [0, 0.1) is 0 Å². The van der Waals surface area contributed by atoms with Gasteiger partial charge in [0.15, 0.2) is 0 Å². The molecule has 0 aliphatic rings. The Morgan fingerprint density at radius 1 is 0.368 bits per heavy atom. The van der Waals surface area contributed by atoms with Gasteiger partial charge < -0.3 is 4.42 Å². The van der Waals surface area contributed by atoms with Crippen molar-refractivity contribution in [3.8, 4) is 22.3 Å². The van der Waals surface area contributed by atoms with Crippen LogP contribution in [0.5, 0.6) is 0 Å². The highest BCUT2D eigenvalue weighted by molar-refractivity contribution is 6.69. The fourth-order valence-corrected chi connectivity index (χ4v) is 5.75. The Kier molecular flexibility index (Phi) is 5.17. The minimum atomic E-state index is 0.200. The lowest BCUT2D eigenvalue weighted by Gasteiger charge is -2.25. The number of hydrogen-bond acceptors (Lipinski definition) is 1. The topological polar surface area (TPSA) is 13.1 Å². The molecule has 0 amide bonds. The van der Waals surface area contributed by atoms with Gasteiger partial charge in [0.2, 0.25) is 0 Å². The molecule has 1 nitrogen and oxygen atoms in total. The Labute approximate surface area is 227 Å². The lowest BCUT2D eigenvalue weighted by atomic mass is 9.59. The largest absolute Gasteiger partial charge is 0.455 e. The zero-order chi connectivity index (χ0) is 26.1. The van der Waals surface area contributed by atoms with Gasteiger partial charge in [0, 0.05) is 21.9 Å². The number of fused-ring (bicyclic) bond motifs is 5. The van der Waals surface area contributed by atoms with E-state index in [0.717, 1.165) is 60.2 Å². The van der Waals surface area contributed by atoms with E-state index in [1.54, 1.807) is 0 Å². The van der Waals surface area contributed by atoms with Crippen LogP contribution in [-0.4, -0.2) is 39.2 Å². The average molecular weight is 470 g/mol. The van der Waals surface area contributed by atoms with Gasteiger partial charge in [0.25, 0.3) is 0 Å². The number of benzene rings is 6. The second-order valence-electron chi connectivity index (χ2n) is 9.57. The molecule has 0 unspecified atom stereocenters. The first-order chi connectivity index (χ1) is 18.5. The molecule has 0 aliphatic heterocycles. The maximum atomic E-state index is 6.58. The van der Waals surface area contributed by atoms with Gasteiger partial charge in [-0.05, 0) is 38.7 Å². The Hall–Kier alpha value is -4.04. The summed E-state index contributed by atoms with van der Waals surface area (Å²) in [7, 11) is 31.9. The Morgan fingerprint density at radius 2 is 0.816 bits per heavy atom. The molecule has 10 radical (unpaired) electrons. The molecule has 1 heterocycles. The van der Waals surface area contributed by atoms with Gasteiger partial charge in [-0.25, -0.2) is 0 Å². The Morgan fingerprint density at radius 3 is 1.39 bits per heavy atom. The summed E-state index contributed by atoms with van der Waals surface area (Å²) in [4.78, 5) is 0. The molecule has 38 heavy (non-hydrogen) atoms. The highest BCUT2D eigenvalue weighted by atomic mass is 16.3. The van der Waals surface area contributed by atoms with Gasteiger partial charge >= 0.3 is 0 Å². The summed E-state index contributed by atoms with van der Waals surface area (Å²) in [5, 5.41) is 6.15. The van der Waals surface area contributed by atoms with Gasteiger partial charge in [-0.3, -0.25) is 0 Å². The van der Waals surface area contributed by atoms with Crippen LogP contribution in [-0.2, 0) is 0 Å². The average Bonchev–Trinajstić information content (AvgIpc) is 3.34. The van der Waals surface area contributed by atoms with Gasteiger partial charge in [0.05, 0.1) is 0 Å². The molecule has 0 spiro atoms. The van der Waals surface area contributed by atoms with E-state index in [-0.39, 0.29) is 16.4 Å². The van der Waals surface area contributed by atoms with Crippen LogP contribution in [0.1, 0.15) is 0 Å². The van der Waals surface area contributed by atoms with Gasteiger partial charge in [-0.15, -0.1) is 16.4 Å². The molecule has 164 valence electrons. The highest BCUT2D eigenvalue weighted by Gasteiger charge is 2.22. The maximum Gasteiger partial charge on any atom is 0.143 e. The number of furan rings is 1.